The number of hydrogen-bond acceptors (Lipinski definition) is 0. The average Bonchev–Trinajstić information content (AvgIpc) is 2.14. The predicted octanol–water partition coefficient (Wildman–Crippen LogP) is 4.13. The second-order valence-electron chi connectivity index (χ2n) is 2.93. The Morgan fingerprint density at radius 1 is 1.29 bits per heavy atom. The van der Waals surface area contributed by atoms with Gasteiger partial charge in [-0.15, -0.1) is 0 Å². The first-order valence-electron chi connectivity index (χ1n) is 4.38. The Morgan fingerprint density at radius 2 is 2.00 bits per heavy atom. The number of halogens is 3. The lowest BCUT2D eigenvalue weighted by atomic mass is 10.1. The molecule has 0 N–H and O–H groups in total. The highest BCUT2D eigenvalue weighted by Crippen LogP contribution is 2.29. The summed E-state index contributed by atoms with van der Waals surface area (Å²) in [6.45, 7) is 1.93. The van der Waals surface area contributed by atoms with E-state index in [-0.39, 0.29) is 0 Å². The summed E-state index contributed by atoms with van der Waals surface area (Å²) in [5, 5.41) is 0. The summed E-state index contributed by atoms with van der Waals surface area (Å²) < 4.78 is 36.8. The maximum absolute atomic E-state index is 12.3. The first-order valence-corrected chi connectivity index (χ1v) is 4.38. The minimum absolute atomic E-state index is 0.585. The van der Waals surface area contributed by atoms with Gasteiger partial charge in [0.05, 0.1) is 5.56 Å². The van der Waals surface area contributed by atoms with Crippen molar-refractivity contribution in [1.29, 1.82) is 0 Å². The molecular formula is C11H11F3. The summed E-state index contributed by atoms with van der Waals surface area (Å²) in [4.78, 5) is 0. The Morgan fingerprint density at radius 3 is 2.57 bits per heavy atom. The molecule has 0 amide bonds. The molecule has 0 unspecified atom stereocenters. The molecule has 1 rings (SSSR count). The largest absolute Gasteiger partial charge is 0.416 e. The van der Waals surface area contributed by atoms with Gasteiger partial charge in [0.2, 0.25) is 0 Å². The van der Waals surface area contributed by atoms with E-state index in [1.807, 2.05) is 13.0 Å². The Labute approximate surface area is 81.1 Å². The lowest BCUT2D eigenvalue weighted by molar-refractivity contribution is -0.137. The normalized spacial score (nSPS) is 12.3. The van der Waals surface area contributed by atoms with E-state index in [9.17, 15) is 13.2 Å². The van der Waals surface area contributed by atoms with Crippen LogP contribution in [-0.4, -0.2) is 0 Å². The van der Waals surface area contributed by atoms with E-state index in [4.69, 9.17) is 0 Å². The van der Waals surface area contributed by atoms with Gasteiger partial charge in [-0.1, -0.05) is 31.2 Å². The third-order valence-electron chi connectivity index (χ3n) is 1.76. The molecule has 0 aliphatic heterocycles. The van der Waals surface area contributed by atoms with Crippen LogP contribution in [0.25, 0.3) is 6.08 Å². The fourth-order valence-electron chi connectivity index (χ4n) is 1.07. The van der Waals surface area contributed by atoms with Gasteiger partial charge in [0.15, 0.2) is 0 Å². The number of benzene rings is 1. The van der Waals surface area contributed by atoms with Crippen molar-refractivity contribution in [3.8, 4) is 0 Å². The third kappa shape index (κ3) is 2.91. The van der Waals surface area contributed by atoms with Gasteiger partial charge in [0, 0.05) is 0 Å². The minimum Gasteiger partial charge on any atom is -0.166 e. The molecule has 0 saturated carbocycles. The average molecular weight is 200 g/mol. The molecule has 76 valence electrons. The fraction of sp³-hybridized carbons (Fsp3) is 0.273. The third-order valence-corrected chi connectivity index (χ3v) is 1.76. The van der Waals surface area contributed by atoms with Gasteiger partial charge in [-0.25, -0.2) is 0 Å². The molecule has 0 heterocycles. The molecule has 0 saturated heterocycles. The van der Waals surface area contributed by atoms with Crippen molar-refractivity contribution >= 4 is 6.08 Å². The molecule has 0 fully saturated rings. The molecule has 0 radical (unpaired) electrons. The smallest absolute Gasteiger partial charge is 0.166 e. The summed E-state index contributed by atoms with van der Waals surface area (Å²) in [5.41, 5.74) is -0.0163. The summed E-state index contributed by atoms with van der Waals surface area (Å²) in [7, 11) is 0. The van der Waals surface area contributed by atoms with Crippen molar-refractivity contribution < 1.29 is 13.2 Å². The first kappa shape index (κ1) is 10.8. The molecule has 0 spiro atoms. The SMILES string of the molecule is CC/C=C\c1cccc(C(F)(F)F)c1. The van der Waals surface area contributed by atoms with Crippen LogP contribution >= 0.6 is 0 Å². The van der Waals surface area contributed by atoms with Crippen molar-refractivity contribution in [2.45, 2.75) is 19.5 Å². The zero-order valence-corrected chi connectivity index (χ0v) is 7.81. The van der Waals surface area contributed by atoms with Crippen LogP contribution in [0.15, 0.2) is 30.3 Å². The maximum Gasteiger partial charge on any atom is 0.416 e. The molecule has 0 bridgehead atoms. The van der Waals surface area contributed by atoms with Crippen LogP contribution in [-0.2, 0) is 6.18 Å². The lowest BCUT2D eigenvalue weighted by Gasteiger charge is -2.06. The fourth-order valence-corrected chi connectivity index (χ4v) is 1.07. The molecule has 1 aromatic rings. The molecule has 0 aliphatic carbocycles. The van der Waals surface area contributed by atoms with Crippen molar-refractivity contribution in [1.82, 2.24) is 0 Å². The first-order chi connectivity index (χ1) is 6.54. The molecule has 0 aromatic heterocycles. The maximum atomic E-state index is 12.3. The van der Waals surface area contributed by atoms with Crippen molar-refractivity contribution in [2.24, 2.45) is 0 Å². The van der Waals surface area contributed by atoms with Gasteiger partial charge in [-0.05, 0) is 24.1 Å². The topological polar surface area (TPSA) is 0 Å². The molecule has 14 heavy (non-hydrogen) atoms. The number of alkyl halides is 3. The van der Waals surface area contributed by atoms with Crippen molar-refractivity contribution in [2.75, 3.05) is 0 Å². The van der Waals surface area contributed by atoms with E-state index in [1.165, 1.54) is 6.07 Å². The van der Waals surface area contributed by atoms with Gasteiger partial charge in [0.1, 0.15) is 0 Å². The van der Waals surface area contributed by atoms with Gasteiger partial charge >= 0.3 is 6.18 Å². The van der Waals surface area contributed by atoms with Gasteiger partial charge in [-0.3, -0.25) is 0 Å². The van der Waals surface area contributed by atoms with Crippen LogP contribution in [0.5, 0.6) is 0 Å². The van der Waals surface area contributed by atoms with E-state index in [1.54, 1.807) is 12.1 Å². The number of hydrogen-bond donors (Lipinski definition) is 0. The molecule has 0 atom stereocenters. The highest BCUT2D eigenvalue weighted by Gasteiger charge is 2.30. The van der Waals surface area contributed by atoms with E-state index >= 15 is 0 Å². The van der Waals surface area contributed by atoms with Crippen LogP contribution in [0.3, 0.4) is 0 Å². The summed E-state index contributed by atoms with van der Waals surface area (Å²) in [5.74, 6) is 0. The van der Waals surface area contributed by atoms with Crippen LogP contribution in [0, 0.1) is 0 Å². The Bertz CT molecular complexity index is 324. The van der Waals surface area contributed by atoms with Gasteiger partial charge < -0.3 is 0 Å². The summed E-state index contributed by atoms with van der Waals surface area (Å²) in [6, 6.07) is 5.29. The minimum atomic E-state index is -4.25. The van der Waals surface area contributed by atoms with Crippen LogP contribution in [0.2, 0.25) is 0 Å². The molecule has 0 nitrogen and oxygen atoms in total. The molecular weight excluding hydrogens is 189 g/mol. The second kappa shape index (κ2) is 4.31. The zero-order chi connectivity index (χ0) is 10.6. The van der Waals surface area contributed by atoms with E-state index < -0.39 is 11.7 Å². The number of rotatable bonds is 2. The highest BCUT2D eigenvalue weighted by atomic mass is 19.4. The van der Waals surface area contributed by atoms with Crippen LogP contribution in [0.4, 0.5) is 13.2 Å². The highest BCUT2D eigenvalue weighted by molar-refractivity contribution is 5.50. The molecule has 3 heteroatoms. The van der Waals surface area contributed by atoms with Crippen molar-refractivity contribution in [3.05, 3.63) is 41.5 Å². The quantitative estimate of drug-likeness (QED) is 0.673. The lowest BCUT2D eigenvalue weighted by Crippen LogP contribution is -2.04. The van der Waals surface area contributed by atoms with E-state index in [0.717, 1.165) is 18.6 Å². The van der Waals surface area contributed by atoms with E-state index in [0.29, 0.717) is 5.56 Å². The van der Waals surface area contributed by atoms with Crippen LogP contribution in [0.1, 0.15) is 24.5 Å². The van der Waals surface area contributed by atoms with Crippen molar-refractivity contribution in [3.63, 3.8) is 0 Å². The summed E-state index contributed by atoms with van der Waals surface area (Å²) >= 11 is 0. The molecule has 1 aromatic carbocycles. The Hall–Kier alpha value is -1.25. The Kier molecular flexibility index (Phi) is 3.33. The van der Waals surface area contributed by atoms with E-state index in [2.05, 4.69) is 0 Å². The van der Waals surface area contributed by atoms with Crippen LogP contribution < -0.4 is 0 Å². The zero-order valence-electron chi connectivity index (χ0n) is 7.81. The number of allylic oxidation sites excluding steroid dienone is 1. The van der Waals surface area contributed by atoms with Gasteiger partial charge in [0.25, 0.3) is 0 Å². The second-order valence-corrected chi connectivity index (χ2v) is 2.93. The van der Waals surface area contributed by atoms with Gasteiger partial charge in [-0.2, -0.15) is 13.2 Å². The predicted molar refractivity (Wildman–Crippen MR) is 50.8 cm³/mol. The Balaban J connectivity index is 2.96. The monoisotopic (exact) mass is 200 g/mol. The summed E-state index contributed by atoms with van der Waals surface area (Å²) in [6.07, 6.45) is 0.0804. The molecule has 0 aliphatic rings. The standard InChI is InChI=1S/C11H11F3/c1-2-3-5-9-6-4-7-10(8-9)11(12,13)14/h3-8H,2H2,1H3/b5-3-.